The molecule has 3 aromatic carbocycles. The normalized spacial score (nSPS) is 16.8. The quantitative estimate of drug-likeness (QED) is 0.372. The first-order valence-corrected chi connectivity index (χ1v) is 15.6. The Morgan fingerprint density at radius 1 is 0.927 bits per heavy atom. The van der Waals surface area contributed by atoms with E-state index in [-0.39, 0.29) is 40.4 Å². The van der Waals surface area contributed by atoms with Crippen LogP contribution in [0.5, 0.6) is 0 Å². The minimum atomic E-state index is -4.24. The Kier molecular flexibility index (Phi) is 8.68. The van der Waals surface area contributed by atoms with Gasteiger partial charge in [0.15, 0.2) is 0 Å². The van der Waals surface area contributed by atoms with Crippen LogP contribution >= 0.6 is 23.2 Å². The van der Waals surface area contributed by atoms with E-state index >= 15 is 0 Å². The second kappa shape index (κ2) is 12.2. The molecule has 0 bridgehead atoms. The number of nitrogens with one attached hydrogen (secondary N) is 1. The highest BCUT2D eigenvalue weighted by Gasteiger charge is 2.43. The predicted octanol–water partition coefficient (Wildman–Crippen LogP) is 4.84. The molecule has 1 aliphatic heterocycles. The molecule has 11 heteroatoms. The highest BCUT2D eigenvalue weighted by molar-refractivity contribution is 7.90. The molecule has 5 rings (SSSR count). The van der Waals surface area contributed by atoms with Crippen molar-refractivity contribution in [1.29, 1.82) is 0 Å². The molecule has 0 unspecified atom stereocenters. The number of benzene rings is 3. The molecule has 0 saturated heterocycles. The van der Waals surface area contributed by atoms with Gasteiger partial charge in [-0.1, -0.05) is 84.6 Å². The first kappa shape index (κ1) is 29.1. The zero-order valence-corrected chi connectivity index (χ0v) is 24.5. The topological polar surface area (TPSA) is 104 Å². The van der Waals surface area contributed by atoms with E-state index < -0.39 is 34.4 Å². The van der Waals surface area contributed by atoms with E-state index in [1.807, 2.05) is 30.3 Å². The zero-order valence-electron chi connectivity index (χ0n) is 22.1. The van der Waals surface area contributed by atoms with Crippen LogP contribution in [0.15, 0.2) is 77.7 Å². The van der Waals surface area contributed by atoms with Gasteiger partial charge in [-0.15, -0.1) is 0 Å². The second-order valence-corrected chi connectivity index (χ2v) is 12.9. The van der Waals surface area contributed by atoms with Crippen LogP contribution in [0.3, 0.4) is 0 Å². The number of halogens is 2. The summed E-state index contributed by atoms with van der Waals surface area (Å²) in [6.07, 6.45) is 3.91. The van der Waals surface area contributed by atoms with Gasteiger partial charge in [-0.05, 0) is 48.2 Å². The molecular formula is C30H29Cl2N3O5S. The molecule has 2 aliphatic rings. The number of fused-ring (bicyclic) bond motifs is 1. The van der Waals surface area contributed by atoms with Crippen molar-refractivity contribution in [2.45, 2.75) is 55.6 Å². The van der Waals surface area contributed by atoms with Gasteiger partial charge in [-0.25, -0.2) is 12.7 Å². The van der Waals surface area contributed by atoms with E-state index in [0.29, 0.717) is 14.9 Å². The fraction of sp³-hybridized carbons (Fsp3) is 0.300. The highest BCUT2D eigenvalue weighted by Crippen LogP contribution is 2.31. The van der Waals surface area contributed by atoms with Crippen molar-refractivity contribution in [3.05, 3.63) is 99.5 Å². The number of carbonyl (C=O) groups excluding carboxylic acids is 3. The fourth-order valence-corrected chi connectivity index (χ4v) is 7.20. The Hall–Kier alpha value is -3.40. The van der Waals surface area contributed by atoms with Crippen LogP contribution in [0.4, 0.5) is 0 Å². The monoisotopic (exact) mass is 613 g/mol. The van der Waals surface area contributed by atoms with Crippen molar-refractivity contribution in [3.63, 3.8) is 0 Å². The lowest BCUT2D eigenvalue weighted by Gasteiger charge is -2.33. The maximum Gasteiger partial charge on any atom is 0.269 e. The van der Waals surface area contributed by atoms with Gasteiger partial charge in [0, 0.05) is 19.0 Å². The van der Waals surface area contributed by atoms with Crippen molar-refractivity contribution in [2.75, 3.05) is 6.54 Å². The summed E-state index contributed by atoms with van der Waals surface area (Å²) in [6.45, 7) is -0.806. The standard InChI is InChI=1S/C30H29Cl2N3O5S/c31-24-15-14-21(16-25(24)32)18-34(28(36)19-35-30(38)23-12-6-7-13-27(23)41(35,39)40)26(17-20-8-2-1-3-9-20)29(37)33-22-10-4-5-11-22/h1-3,6-9,12-16,22,26H,4-5,10-11,17-19H2,(H,33,37)/t26-/m0/s1. The average Bonchev–Trinajstić information content (AvgIpc) is 3.54. The number of rotatable bonds is 9. The van der Waals surface area contributed by atoms with Gasteiger partial charge >= 0.3 is 0 Å². The third-order valence-electron chi connectivity index (χ3n) is 7.50. The average molecular weight is 615 g/mol. The molecule has 3 amide bonds. The third kappa shape index (κ3) is 6.27. The Morgan fingerprint density at radius 3 is 2.29 bits per heavy atom. The Labute approximate surface area is 249 Å². The summed E-state index contributed by atoms with van der Waals surface area (Å²) in [5, 5.41) is 3.71. The van der Waals surface area contributed by atoms with E-state index in [1.54, 1.807) is 24.3 Å². The molecule has 8 nitrogen and oxygen atoms in total. The lowest BCUT2D eigenvalue weighted by molar-refractivity contribution is -0.141. The Balaban J connectivity index is 1.51. The maximum absolute atomic E-state index is 14.0. The van der Waals surface area contributed by atoms with E-state index in [1.165, 1.54) is 23.1 Å². The lowest BCUT2D eigenvalue weighted by atomic mass is 10.0. The molecule has 1 saturated carbocycles. The molecule has 0 radical (unpaired) electrons. The van der Waals surface area contributed by atoms with E-state index in [0.717, 1.165) is 31.2 Å². The van der Waals surface area contributed by atoms with Gasteiger partial charge in [0.05, 0.1) is 15.6 Å². The summed E-state index contributed by atoms with van der Waals surface area (Å²) in [4.78, 5) is 42.2. The Morgan fingerprint density at radius 2 is 1.61 bits per heavy atom. The van der Waals surface area contributed by atoms with Crippen LogP contribution in [0, 0.1) is 0 Å². The molecule has 1 atom stereocenters. The molecule has 3 aromatic rings. The van der Waals surface area contributed by atoms with Gasteiger partial charge in [-0.3, -0.25) is 14.4 Å². The van der Waals surface area contributed by atoms with Gasteiger partial charge < -0.3 is 10.2 Å². The minimum Gasteiger partial charge on any atom is -0.352 e. The number of carbonyl (C=O) groups is 3. The summed E-state index contributed by atoms with van der Waals surface area (Å²) in [5.74, 6) is -1.81. The fourth-order valence-electron chi connectivity index (χ4n) is 5.36. The SMILES string of the molecule is O=C(NC1CCCC1)[C@H](Cc1ccccc1)N(Cc1ccc(Cl)c(Cl)c1)C(=O)CN1C(=O)c2ccccc2S1(=O)=O. The van der Waals surface area contributed by atoms with Crippen LogP contribution in [-0.2, 0) is 32.6 Å². The summed E-state index contributed by atoms with van der Waals surface area (Å²) in [6, 6.07) is 19.0. The number of sulfonamides is 1. The molecule has 214 valence electrons. The van der Waals surface area contributed by atoms with Crippen molar-refractivity contribution in [3.8, 4) is 0 Å². The maximum atomic E-state index is 14.0. The summed E-state index contributed by atoms with van der Waals surface area (Å²) < 4.78 is 27.1. The van der Waals surface area contributed by atoms with Gasteiger partial charge in [0.1, 0.15) is 17.5 Å². The third-order valence-corrected chi connectivity index (χ3v) is 10.0. The zero-order chi connectivity index (χ0) is 29.1. The summed E-state index contributed by atoms with van der Waals surface area (Å²) >= 11 is 12.4. The lowest BCUT2D eigenvalue weighted by Crippen LogP contribution is -2.54. The molecule has 41 heavy (non-hydrogen) atoms. The van der Waals surface area contributed by atoms with Crippen LogP contribution in [0.25, 0.3) is 0 Å². The largest absolute Gasteiger partial charge is 0.352 e. The van der Waals surface area contributed by atoms with Crippen LogP contribution in [0.1, 0.15) is 47.2 Å². The van der Waals surface area contributed by atoms with Gasteiger partial charge in [-0.2, -0.15) is 0 Å². The van der Waals surface area contributed by atoms with E-state index in [4.69, 9.17) is 23.2 Å². The molecule has 1 N–H and O–H groups in total. The van der Waals surface area contributed by atoms with E-state index in [2.05, 4.69) is 5.32 Å². The van der Waals surface area contributed by atoms with Crippen LogP contribution in [-0.4, -0.2) is 54.0 Å². The van der Waals surface area contributed by atoms with Crippen LogP contribution in [0.2, 0.25) is 10.0 Å². The van der Waals surface area contributed by atoms with Gasteiger partial charge in [0.25, 0.3) is 15.9 Å². The summed E-state index contributed by atoms with van der Waals surface area (Å²) in [7, 11) is -4.24. The predicted molar refractivity (Wildman–Crippen MR) is 156 cm³/mol. The number of amides is 3. The van der Waals surface area contributed by atoms with Crippen LogP contribution < -0.4 is 5.32 Å². The molecule has 0 spiro atoms. The molecule has 1 heterocycles. The number of hydrogen-bond donors (Lipinski definition) is 1. The van der Waals surface area contributed by atoms with Crippen molar-refractivity contribution in [1.82, 2.24) is 14.5 Å². The van der Waals surface area contributed by atoms with Crippen molar-refractivity contribution < 1.29 is 22.8 Å². The van der Waals surface area contributed by atoms with Crippen molar-refractivity contribution in [2.24, 2.45) is 0 Å². The van der Waals surface area contributed by atoms with E-state index in [9.17, 15) is 22.8 Å². The summed E-state index contributed by atoms with van der Waals surface area (Å²) in [5.41, 5.74) is 1.43. The first-order valence-electron chi connectivity index (χ1n) is 13.4. The molecule has 1 aliphatic carbocycles. The van der Waals surface area contributed by atoms with Crippen molar-refractivity contribution >= 4 is 50.9 Å². The molecule has 0 aromatic heterocycles. The Bertz CT molecular complexity index is 1580. The van der Waals surface area contributed by atoms with Gasteiger partial charge in [0.2, 0.25) is 11.8 Å². The number of hydrogen-bond acceptors (Lipinski definition) is 5. The molecular weight excluding hydrogens is 585 g/mol. The first-order chi connectivity index (χ1) is 19.6. The number of nitrogens with zero attached hydrogens (tertiary/aromatic N) is 2. The highest BCUT2D eigenvalue weighted by atomic mass is 35.5. The molecule has 1 fully saturated rings. The smallest absolute Gasteiger partial charge is 0.269 e. The minimum absolute atomic E-state index is 0.00209. The second-order valence-electron chi connectivity index (χ2n) is 10.3.